The number of piperidine rings is 1. The standard InChI is InChI=1S/C16H22N2/c1-3-16(4-2)8-10-18(11-9-16)15-7-5-6-14(12-15)13-17/h5-7,12H,3-4,8-11H2,1-2H3. The molecule has 1 saturated heterocycles. The summed E-state index contributed by atoms with van der Waals surface area (Å²) in [4.78, 5) is 2.42. The first-order valence-corrected chi connectivity index (χ1v) is 6.98. The lowest BCUT2D eigenvalue weighted by Gasteiger charge is -2.42. The maximum absolute atomic E-state index is 8.95. The van der Waals surface area contributed by atoms with Crippen LogP contribution in [0.4, 0.5) is 5.69 Å². The van der Waals surface area contributed by atoms with Crippen LogP contribution in [0.1, 0.15) is 45.1 Å². The molecule has 2 nitrogen and oxygen atoms in total. The molecule has 2 heteroatoms. The van der Waals surface area contributed by atoms with Crippen LogP contribution in [-0.2, 0) is 0 Å². The van der Waals surface area contributed by atoms with Crippen molar-refractivity contribution in [3.8, 4) is 6.07 Å². The molecular weight excluding hydrogens is 220 g/mol. The van der Waals surface area contributed by atoms with E-state index in [9.17, 15) is 0 Å². The average Bonchev–Trinajstić information content (AvgIpc) is 2.47. The summed E-state index contributed by atoms with van der Waals surface area (Å²) in [5.41, 5.74) is 2.52. The summed E-state index contributed by atoms with van der Waals surface area (Å²) in [7, 11) is 0. The molecule has 0 spiro atoms. The SMILES string of the molecule is CCC1(CC)CCN(c2cccc(C#N)c2)CC1. The molecule has 1 aromatic rings. The Kier molecular flexibility index (Phi) is 3.91. The molecule has 0 saturated carbocycles. The molecule has 1 heterocycles. The Bertz CT molecular complexity index is 431. The molecule has 1 fully saturated rings. The third kappa shape index (κ3) is 2.51. The Balaban J connectivity index is 2.07. The quantitative estimate of drug-likeness (QED) is 0.802. The van der Waals surface area contributed by atoms with E-state index in [1.807, 2.05) is 18.2 Å². The Morgan fingerprint density at radius 3 is 2.44 bits per heavy atom. The van der Waals surface area contributed by atoms with E-state index in [-0.39, 0.29) is 0 Å². The predicted octanol–water partition coefficient (Wildman–Crippen LogP) is 3.96. The van der Waals surface area contributed by atoms with Crippen LogP contribution in [-0.4, -0.2) is 13.1 Å². The fourth-order valence-corrected chi connectivity index (χ4v) is 2.97. The van der Waals surface area contributed by atoms with Gasteiger partial charge in [-0.05, 0) is 36.5 Å². The normalized spacial score (nSPS) is 18.4. The molecule has 18 heavy (non-hydrogen) atoms. The van der Waals surface area contributed by atoms with Crippen LogP contribution < -0.4 is 4.90 Å². The molecule has 0 aliphatic carbocycles. The maximum atomic E-state index is 8.95. The van der Waals surface area contributed by atoms with Crippen LogP contribution in [0.3, 0.4) is 0 Å². The van der Waals surface area contributed by atoms with Crippen molar-refractivity contribution in [2.24, 2.45) is 5.41 Å². The molecule has 0 radical (unpaired) electrons. The minimum atomic E-state index is 0.559. The molecule has 0 atom stereocenters. The van der Waals surface area contributed by atoms with Gasteiger partial charge in [-0.15, -0.1) is 0 Å². The Labute approximate surface area is 110 Å². The highest BCUT2D eigenvalue weighted by Gasteiger charge is 2.31. The molecule has 96 valence electrons. The van der Waals surface area contributed by atoms with Gasteiger partial charge in [0, 0.05) is 18.8 Å². The van der Waals surface area contributed by atoms with Crippen LogP contribution >= 0.6 is 0 Å². The summed E-state index contributed by atoms with van der Waals surface area (Å²) >= 11 is 0. The van der Waals surface area contributed by atoms with E-state index >= 15 is 0 Å². The molecule has 1 aliphatic rings. The highest BCUT2D eigenvalue weighted by Crippen LogP contribution is 2.39. The second kappa shape index (κ2) is 5.44. The van der Waals surface area contributed by atoms with Crippen molar-refractivity contribution < 1.29 is 0 Å². The molecule has 0 aromatic heterocycles. The van der Waals surface area contributed by atoms with Crippen molar-refractivity contribution in [1.29, 1.82) is 5.26 Å². The van der Waals surface area contributed by atoms with Gasteiger partial charge in [-0.2, -0.15) is 5.26 Å². The predicted molar refractivity (Wildman–Crippen MR) is 75.6 cm³/mol. The first-order valence-electron chi connectivity index (χ1n) is 6.98. The van der Waals surface area contributed by atoms with Gasteiger partial charge in [0.05, 0.1) is 11.6 Å². The number of nitrogens with zero attached hydrogens (tertiary/aromatic N) is 2. The zero-order chi connectivity index (χ0) is 13.0. The first kappa shape index (κ1) is 13.0. The van der Waals surface area contributed by atoms with Gasteiger partial charge in [0.25, 0.3) is 0 Å². The van der Waals surface area contributed by atoms with E-state index in [0.29, 0.717) is 5.41 Å². The monoisotopic (exact) mass is 242 g/mol. The largest absolute Gasteiger partial charge is 0.371 e. The lowest BCUT2D eigenvalue weighted by Crippen LogP contribution is -2.39. The number of anilines is 1. The molecule has 0 bridgehead atoms. The van der Waals surface area contributed by atoms with Crippen molar-refractivity contribution in [2.45, 2.75) is 39.5 Å². The lowest BCUT2D eigenvalue weighted by molar-refractivity contribution is 0.199. The highest BCUT2D eigenvalue weighted by atomic mass is 15.1. The summed E-state index contributed by atoms with van der Waals surface area (Å²) < 4.78 is 0. The number of benzene rings is 1. The number of hydrogen-bond donors (Lipinski definition) is 0. The number of nitriles is 1. The van der Waals surface area contributed by atoms with Gasteiger partial charge in [-0.1, -0.05) is 32.8 Å². The van der Waals surface area contributed by atoms with Crippen LogP contribution in [0.5, 0.6) is 0 Å². The van der Waals surface area contributed by atoms with Gasteiger partial charge in [0.1, 0.15) is 0 Å². The van der Waals surface area contributed by atoms with Crippen molar-refractivity contribution >= 4 is 5.69 Å². The van der Waals surface area contributed by atoms with E-state index < -0.39 is 0 Å². The topological polar surface area (TPSA) is 27.0 Å². The van der Waals surface area contributed by atoms with Crippen LogP contribution in [0.25, 0.3) is 0 Å². The van der Waals surface area contributed by atoms with E-state index in [4.69, 9.17) is 5.26 Å². The molecule has 1 aliphatic heterocycles. The molecule has 0 unspecified atom stereocenters. The third-order valence-electron chi connectivity index (χ3n) is 4.66. The average molecular weight is 242 g/mol. The van der Waals surface area contributed by atoms with Crippen molar-refractivity contribution in [3.63, 3.8) is 0 Å². The number of hydrogen-bond acceptors (Lipinski definition) is 2. The molecule has 0 amide bonds. The second-order valence-corrected chi connectivity index (χ2v) is 5.36. The van der Waals surface area contributed by atoms with E-state index in [1.54, 1.807) is 0 Å². The molecule has 1 aromatic carbocycles. The lowest BCUT2D eigenvalue weighted by atomic mass is 9.74. The maximum Gasteiger partial charge on any atom is 0.0992 e. The summed E-state index contributed by atoms with van der Waals surface area (Å²) in [6, 6.07) is 10.2. The first-order chi connectivity index (χ1) is 8.73. The molecule has 2 rings (SSSR count). The minimum absolute atomic E-state index is 0.559. The second-order valence-electron chi connectivity index (χ2n) is 5.36. The van der Waals surface area contributed by atoms with Crippen molar-refractivity contribution in [3.05, 3.63) is 29.8 Å². The minimum Gasteiger partial charge on any atom is -0.371 e. The van der Waals surface area contributed by atoms with Gasteiger partial charge >= 0.3 is 0 Å². The van der Waals surface area contributed by atoms with Crippen LogP contribution in [0.2, 0.25) is 0 Å². The van der Waals surface area contributed by atoms with Crippen LogP contribution in [0.15, 0.2) is 24.3 Å². The van der Waals surface area contributed by atoms with Crippen molar-refractivity contribution in [1.82, 2.24) is 0 Å². The Hall–Kier alpha value is -1.49. The van der Waals surface area contributed by atoms with E-state index in [1.165, 1.54) is 31.4 Å². The van der Waals surface area contributed by atoms with E-state index in [2.05, 4.69) is 30.9 Å². The smallest absolute Gasteiger partial charge is 0.0992 e. The Morgan fingerprint density at radius 1 is 1.22 bits per heavy atom. The van der Waals surface area contributed by atoms with Gasteiger partial charge in [0.15, 0.2) is 0 Å². The van der Waals surface area contributed by atoms with E-state index in [0.717, 1.165) is 18.7 Å². The molecular formula is C16H22N2. The van der Waals surface area contributed by atoms with Crippen LogP contribution in [0, 0.1) is 16.7 Å². The Morgan fingerprint density at radius 2 is 1.89 bits per heavy atom. The van der Waals surface area contributed by atoms with Gasteiger partial charge in [0.2, 0.25) is 0 Å². The van der Waals surface area contributed by atoms with Crippen molar-refractivity contribution in [2.75, 3.05) is 18.0 Å². The zero-order valence-electron chi connectivity index (χ0n) is 11.4. The van der Waals surface area contributed by atoms with Gasteiger partial charge in [-0.3, -0.25) is 0 Å². The highest BCUT2D eigenvalue weighted by molar-refractivity contribution is 5.51. The summed E-state index contributed by atoms with van der Waals surface area (Å²) in [6.07, 6.45) is 5.12. The third-order valence-corrected chi connectivity index (χ3v) is 4.66. The molecule has 0 N–H and O–H groups in total. The fourth-order valence-electron chi connectivity index (χ4n) is 2.97. The van der Waals surface area contributed by atoms with Gasteiger partial charge in [-0.25, -0.2) is 0 Å². The summed E-state index contributed by atoms with van der Waals surface area (Å²) in [6.45, 7) is 6.87. The van der Waals surface area contributed by atoms with Gasteiger partial charge < -0.3 is 4.90 Å². The zero-order valence-corrected chi connectivity index (χ0v) is 11.4. The summed E-state index contributed by atoms with van der Waals surface area (Å²) in [5.74, 6) is 0. The fraction of sp³-hybridized carbons (Fsp3) is 0.562. The number of rotatable bonds is 3. The summed E-state index contributed by atoms with van der Waals surface area (Å²) in [5, 5.41) is 8.95.